The summed E-state index contributed by atoms with van der Waals surface area (Å²) in [5.74, 6) is 1.32. The number of hydrogen-bond acceptors (Lipinski definition) is 5. The molecule has 1 fully saturated rings. The van der Waals surface area contributed by atoms with Crippen molar-refractivity contribution in [2.24, 2.45) is 0 Å². The molecule has 0 saturated carbocycles. The fourth-order valence-electron chi connectivity index (χ4n) is 3.08. The van der Waals surface area contributed by atoms with Crippen molar-refractivity contribution in [1.82, 2.24) is 9.88 Å². The van der Waals surface area contributed by atoms with Crippen LogP contribution in [0.4, 0.5) is 0 Å². The second kappa shape index (κ2) is 6.99. The van der Waals surface area contributed by atoms with E-state index in [4.69, 9.17) is 13.9 Å². The molecule has 1 atom stereocenters. The van der Waals surface area contributed by atoms with E-state index in [1.165, 1.54) is 0 Å². The minimum Gasteiger partial charge on any atom is -0.493 e. The third kappa shape index (κ3) is 3.14. The lowest BCUT2D eigenvalue weighted by atomic mass is 10.2. The van der Waals surface area contributed by atoms with Gasteiger partial charge in [0.25, 0.3) is 5.91 Å². The molecule has 4 rings (SSSR count). The van der Waals surface area contributed by atoms with Crippen LogP contribution in [0.5, 0.6) is 11.6 Å². The number of nitrogens with zero attached hydrogens (tertiary/aromatic N) is 2. The number of hydrogen-bond donors (Lipinski definition) is 0. The van der Waals surface area contributed by atoms with Crippen molar-refractivity contribution in [3.05, 3.63) is 52.8 Å². The number of aromatic nitrogens is 1. The van der Waals surface area contributed by atoms with Crippen molar-refractivity contribution in [3.63, 3.8) is 0 Å². The molecule has 1 unspecified atom stereocenters. The van der Waals surface area contributed by atoms with E-state index >= 15 is 0 Å². The minimum absolute atomic E-state index is 0.0935. The average Bonchev–Trinajstić information content (AvgIpc) is 3.29. The molecule has 0 bridgehead atoms. The van der Waals surface area contributed by atoms with Crippen LogP contribution in [-0.2, 0) is 0 Å². The average molecular weight is 417 g/mol. The van der Waals surface area contributed by atoms with Crippen molar-refractivity contribution >= 4 is 32.8 Å². The Hall–Kier alpha value is -2.54. The van der Waals surface area contributed by atoms with Crippen molar-refractivity contribution in [3.8, 4) is 11.6 Å². The Labute approximate surface area is 158 Å². The number of amides is 1. The zero-order valence-corrected chi connectivity index (χ0v) is 15.7. The molecular formula is C19H17BrN2O4. The van der Waals surface area contributed by atoms with Crippen LogP contribution in [-0.4, -0.2) is 42.1 Å². The number of methoxy groups -OCH3 is 1. The number of rotatable bonds is 4. The molecule has 0 spiro atoms. The quantitative estimate of drug-likeness (QED) is 0.645. The summed E-state index contributed by atoms with van der Waals surface area (Å²) in [4.78, 5) is 18.7. The molecule has 1 aliphatic rings. The van der Waals surface area contributed by atoms with Crippen LogP contribution >= 0.6 is 15.9 Å². The fraction of sp³-hybridized carbons (Fsp3) is 0.263. The van der Waals surface area contributed by atoms with Gasteiger partial charge in [0.05, 0.1) is 18.1 Å². The number of ether oxygens (including phenoxy) is 2. The third-order valence-corrected chi connectivity index (χ3v) is 4.98. The predicted octanol–water partition coefficient (Wildman–Crippen LogP) is 3.89. The number of likely N-dealkylation sites (tertiary alicyclic amines) is 1. The molecule has 134 valence electrons. The Kier molecular flexibility index (Phi) is 4.55. The summed E-state index contributed by atoms with van der Waals surface area (Å²) < 4.78 is 17.8. The first-order chi connectivity index (χ1) is 12.7. The van der Waals surface area contributed by atoms with E-state index in [1.54, 1.807) is 24.3 Å². The van der Waals surface area contributed by atoms with Crippen molar-refractivity contribution < 1.29 is 18.7 Å². The lowest BCUT2D eigenvalue weighted by Crippen LogP contribution is -2.30. The largest absolute Gasteiger partial charge is 0.493 e. The van der Waals surface area contributed by atoms with Gasteiger partial charge < -0.3 is 18.8 Å². The fourth-order valence-corrected chi connectivity index (χ4v) is 3.43. The van der Waals surface area contributed by atoms with E-state index in [0.29, 0.717) is 36.1 Å². The van der Waals surface area contributed by atoms with Crippen molar-refractivity contribution in [2.75, 3.05) is 20.2 Å². The number of halogens is 1. The molecule has 0 N–H and O–H groups in total. The summed E-state index contributed by atoms with van der Waals surface area (Å²) in [5, 5.41) is 0.845. The summed E-state index contributed by atoms with van der Waals surface area (Å²) in [6.07, 6.45) is 2.34. The van der Waals surface area contributed by atoms with Gasteiger partial charge in [-0.15, -0.1) is 0 Å². The Morgan fingerprint density at radius 2 is 2.23 bits per heavy atom. The monoisotopic (exact) mass is 416 g/mol. The number of carbonyl (C=O) groups is 1. The Balaban J connectivity index is 1.49. The van der Waals surface area contributed by atoms with E-state index in [1.807, 2.05) is 30.3 Å². The van der Waals surface area contributed by atoms with Crippen LogP contribution in [0.2, 0.25) is 0 Å². The molecule has 26 heavy (non-hydrogen) atoms. The lowest BCUT2D eigenvalue weighted by molar-refractivity contribution is 0.0742. The highest BCUT2D eigenvalue weighted by molar-refractivity contribution is 9.10. The number of para-hydroxylation sites is 1. The van der Waals surface area contributed by atoms with Gasteiger partial charge in [-0.1, -0.05) is 12.1 Å². The third-order valence-electron chi connectivity index (χ3n) is 4.37. The molecule has 2 aromatic heterocycles. The minimum atomic E-state index is -0.144. The van der Waals surface area contributed by atoms with Gasteiger partial charge in [-0.05, 0) is 40.2 Å². The zero-order chi connectivity index (χ0) is 18.1. The smallest absolute Gasteiger partial charge is 0.289 e. The van der Waals surface area contributed by atoms with Crippen LogP contribution in [0, 0.1) is 0 Å². The molecule has 1 aromatic carbocycles. The summed E-state index contributed by atoms with van der Waals surface area (Å²) >= 11 is 3.42. The molecule has 7 heteroatoms. The summed E-state index contributed by atoms with van der Waals surface area (Å²) in [7, 11) is 1.58. The molecule has 3 heterocycles. The van der Waals surface area contributed by atoms with Crippen LogP contribution in [0.25, 0.3) is 11.0 Å². The Morgan fingerprint density at radius 3 is 3.04 bits per heavy atom. The molecule has 1 aliphatic heterocycles. The molecule has 0 aliphatic carbocycles. The molecule has 6 nitrogen and oxygen atoms in total. The molecule has 0 radical (unpaired) electrons. The van der Waals surface area contributed by atoms with Gasteiger partial charge in [0.15, 0.2) is 17.1 Å². The maximum Gasteiger partial charge on any atom is 0.289 e. The lowest BCUT2D eigenvalue weighted by Gasteiger charge is -2.16. The summed E-state index contributed by atoms with van der Waals surface area (Å²) in [6.45, 7) is 1.11. The predicted molar refractivity (Wildman–Crippen MR) is 99.6 cm³/mol. The summed E-state index contributed by atoms with van der Waals surface area (Å²) in [5.41, 5.74) is 0.586. The molecule has 1 amide bonds. The number of pyridine rings is 1. The molecule has 3 aromatic rings. The van der Waals surface area contributed by atoms with Gasteiger partial charge in [0.2, 0.25) is 5.88 Å². The van der Waals surface area contributed by atoms with Gasteiger partial charge in [-0.2, -0.15) is 0 Å². The SMILES string of the molecule is COc1cccc2cc(C(=O)N3CCC(Oc4ncccc4Br)C3)oc12. The van der Waals surface area contributed by atoms with Gasteiger partial charge >= 0.3 is 0 Å². The van der Waals surface area contributed by atoms with E-state index in [2.05, 4.69) is 20.9 Å². The van der Waals surface area contributed by atoms with E-state index in [0.717, 1.165) is 16.3 Å². The second-order valence-electron chi connectivity index (χ2n) is 6.06. The van der Waals surface area contributed by atoms with Crippen molar-refractivity contribution in [2.45, 2.75) is 12.5 Å². The highest BCUT2D eigenvalue weighted by Crippen LogP contribution is 2.30. The second-order valence-corrected chi connectivity index (χ2v) is 6.91. The summed E-state index contributed by atoms with van der Waals surface area (Å²) in [6, 6.07) is 11.0. The first kappa shape index (κ1) is 16.9. The van der Waals surface area contributed by atoms with Crippen LogP contribution in [0.15, 0.2) is 51.5 Å². The van der Waals surface area contributed by atoms with Crippen molar-refractivity contribution in [1.29, 1.82) is 0 Å². The Bertz CT molecular complexity index is 956. The van der Waals surface area contributed by atoms with Gasteiger partial charge in [-0.25, -0.2) is 4.98 Å². The maximum absolute atomic E-state index is 12.8. The highest BCUT2D eigenvalue weighted by atomic mass is 79.9. The Morgan fingerprint density at radius 1 is 1.35 bits per heavy atom. The molecule has 1 saturated heterocycles. The maximum atomic E-state index is 12.8. The molecular weight excluding hydrogens is 400 g/mol. The number of benzene rings is 1. The van der Waals surface area contributed by atoms with Crippen LogP contribution in [0.1, 0.15) is 17.0 Å². The standard InChI is InChI=1S/C19H17BrN2O4/c1-24-15-6-2-4-12-10-16(26-17(12)15)19(23)22-9-7-13(11-22)25-18-14(20)5-3-8-21-18/h2-6,8,10,13H,7,9,11H2,1H3. The van der Waals surface area contributed by atoms with E-state index in [-0.39, 0.29) is 12.0 Å². The van der Waals surface area contributed by atoms with E-state index < -0.39 is 0 Å². The first-order valence-electron chi connectivity index (χ1n) is 8.28. The topological polar surface area (TPSA) is 64.8 Å². The normalized spacial score (nSPS) is 16.8. The van der Waals surface area contributed by atoms with Crippen LogP contribution in [0.3, 0.4) is 0 Å². The van der Waals surface area contributed by atoms with Gasteiger partial charge in [-0.3, -0.25) is 4.79 Å². The van der Waals surface area contributed by atoms with Gasteiger partial charge in [0, 0.05) is 24.5 Å². The van der Waals surface area contributed by atoms with Crippen LogP contribution < -0.4 is 9.47 Å². The van der Waals surface area contributed by atoms with E-state index in [9.17, 15) is 4.79 Å². The first-order valence-corrected chi connectivity index (χ1v) is 9.08. The zero-order valence-electron chi connectivity index (χ0n) is 14.1. The number of fused-ring (bicyclic) bond motifs is 1. The number of carbonyl (C=O) groups excluding carboxylic acids is 1. The number of furan rings is 1. The highest BCUT2D eigenvalue weighted by Gasteiger charge is 2.30. The van der Waals surface area contributed by atoms with Gasteiger partial charge in [0.1, 0.15) is 6.10 Å².